The first kappa shape index (κ1) is 15.1. The first-order chi connectivity index (χ1) is 9.37. The van der Waals surface area contributed by atoms with Crippen LogP contribution in [0.4, 0.5) is 0 Å². The Morgan fingerprint density at radius 2 is 1.85 bits per heavy atom. The topological polar surface area (TPSA) is 20.3 Å². The van der Waals surface area contributed by atoms with Gasteiger partial charge in [-0.2, -0.15) is 0 Å². The Morgan fingerprint density at radius 1 is 1.25 bits per heavy atom. The molecule has 1 aromatic carbocycles. The van der Waals surface area contributed by atoms with E-state index < -0.39 is 0 Å². The molecule has 1 aromatic rings. The van der Waals surface area contributed by atoms with Gasteiger partial charge in [0.25, 0.3) is 0 Å². The Balaban J connectivity index is 2.10. The van der Waals surface area contributed by atoms with Gasteiger partial charge in [0.2, 0.25) is 5.91 Å². The minimum Gasteiger partial charge on any atom is -0.335 e. The fourth-order valence-corrected chi connectivity index (χ4v) is 2.63. The van der Waals surface area contributed by atoms with Gasteiger partial charge in [0.15, 0.2) is 0 Å². The van der Waals surface area contributed by atoms with Gasteiger partial charge in [-0.3, -0.25) is 4.79 Å². The van der Waals surface area contributed by atoms with Crippen molar-refractivity contribution in [3.63, 3.8) is 0 Å². The summed E-state index contributed by atoms with van der Waals surface area (Å²) >= 11 is 0. The highest BCUT2D eigenvalue weighted by atomic mass is 16.2. The SMILES string of the molecule is CC(C1CC1)N(Cc1ccccc1)C(=O)CC(C)(C)C. The molecule has 1 amide bonds. The number of carbonyl (C=O) groups excluding carboxylic acids is 1. The monoisotopic (exact) mass is 273 g/mol. The van der Waals surface area contributed by atoms with E-state index in [2.05, 4.69) is 44.7 Å². The molecule has 0 radical (unpaired) electrons. The maximum absolute atomic E-state index is 12.7. The predicted molar refractivity (Wildman–Crippen MR) is 83.3 cm³/mol. The number of rotatable bonds is 5. The number of carbonyl (C=O) groups is 1. The average Bonchev–Trinajstić information content (AvgIpc) is 3.18. The molecule has 1 saturated carbocycles. The van der Waals surface area contributed by atoms with E-state index >= 15 is 0 Å². The first-order valence-corrected chi connectivity index (χ1v) is 7.70. The van der Waals surface area contributed by atoms with E-state index in [1.807, 2.05) is 18.2 Å². The number of hydrogen-bond donors (Lipinski definition) is 0. The van der Waals surface area contributed by atoms with Gasteiger partial charge in [-0.1, -0.05) is 51.1 Å². The molecule has 2 rings (SSSR count). The van der Waals surface area contributed by atoms with Crippen molar-refractivity contribution >= 4 is 5.91 Å². The summed E-state index contributed by atoms with van der Waals surface area (Å²) in [5.74, 6) is 1.00. The number of benzene rings is 1. The second-order valence-corrected chi connectivity index (χ2v) is 7.32. The summed E-state index contributed by atoms with van der Waals surface area (Å²) in [5, 5.41) is 0. The van der Waals surface area contributed by atoms with Gasteiger partial charge in [0.1, 0.15) is 0 Å². The highest BCUT2D eigenvalue weighted by molar-refractivity contribution is 5.77. The van der Waals surface area contributed by atoms with E-state index in [9.17, 15) is 4.79 Å². The van der Waals surface area contributed by atoms with Crippen molar-refractivity contribution in [1.82, 2.24) is 4.90 Å². The molecule has 0 aromatic heterocycles. The van der Waals surface area contributed by atoms with Gasteiger partial charge in [-0.25, -0.2) is 0 Å². The van der Waals surface area contributed by atoms with Crippen LogP contribution in [0.25, 0.3) is 0 Å². The van der Waals surface area contributed by atoms with Crippen LogP contribution in [0.3, 0.4) is 0 Å². The molecule has 1 unspecified atom stereocenters. The van der Waals surface area contributed by atoms with E-state index in [1.54, 1.807) is 0 Å². The largest absolute Gasteiger partial charge is 0.335 e. The lowest BCUT2D eigenvalue weighted by Gasteiger charge is -2.32. The Kier molecular flexibility index (Phi) is 4.52. The van der Waals surface area contributed by atoms with Crippen LogP contribution in [-0.2, 0) is 11.3 Å². The molecule has 1 atom stereocenters. The smallest absolute Gasteiger partial charge is 0.223 e. The Labute approximate surface area is 123 Å². The van der Waals surface area contributed by atoms with Crippen molar-refractivity contribution in [2.75, 3.05) is 0 Å². The summed E-state index contributed by atoms with van der Waals surface area (Å²) < 4.78 is 0. The molecule has 0 spiro atoms. The van der Waals surface area contributed by atoms with Crippen LogP contribution in [0.2, 0.25) is 0 Å². The number of hydrogen-bond acceptors (Lipinski definition) is 1. The minimum absolute atomic E-state index is 0.0509. The zero-order valence-corrected chi connectivity index (χ0v) is 13.2. The lowest BCUT2D eigenvalue weighted by molar-refractivity contribution is -0.136. The van der Waals surface area contributed by atoms with E-state index in [1.165, 1.54) is 18.4 Å². The third kappa shape index (κ3) is 4.36. The highest BCUT2D eigenvalue weighted by Crippen LogP contribution is 2.36. The van der Waals surface area contributed by atoms with E-state index in [0.29, 0.717) is 24.3 Å². The number of nitrogens with zero attached hydrogens (tertiary/aromatic N) is 1. The molecule has 1 aliphatic rings. The van der Waals surface area contributed by atoms with Gasteiger partial charge in [-0.05, 0) is 36.7 Å². The van der Waals surface area contributed by atoms with Gasteiger partial charge in [-0.15, -0.1) is 0 Å². The third-order valence-electron chi connectivity index (χ3n) is 3.99. The van der Waals surface area contributed by atoms with E-state index in [0.717, 1.165) is 6.54 Å². The van der Waals surface area contributed by atoms with Crippen molar-refractivity contribution in [2.45, 2.75) is 59.5 Å². The summed E-state index contributed by atoms with van der Waals surface area (Å²) in [4.78, 5) is 14.8. The van der Waals surface area contributed by atoms with Crippen molar-refractivity contribution in [2.24, 2.45) is 11.3 Å². The number of amides is 1. The second kappa shape index (κ2) is 5.99. The normalized spacial score (nSPS) is 16.8. The lowest BCUT2D eigenvalue weighted by atomic mass is 9.91. The summed E-state index contributed by atoms with van der Waals surface area (Å²) in [6, 6.07) is 10.7. The fourth-order valence-electron chi connectivity index (χ4n) is 2.63. The first-order valence-electron chi connectivity index (χ1n) is 7.70. The molecule has 1 fully saturated rings. The van der Waals surface area contributed by atoms with Gasteiger partial charge >= 0.3 is 0 Å². The average molecular weight is 273 g/mol. The molecular formula is C18H27NO. The quantitative estimate of drug-likeness (QED) is 0.785. The third-order valence-corrected chi connectivity index (χ3v) is 3.99. The van der Waals surface area contributed by atoms with E-state index in [-0.39, 0.29) is 5.41 Å². The zero-order valence-electron chi connectivity index (χ0n) is 13.2. The standard InChI is InChI=1S/C18H27NO/c1-14(16-10-11-16)19(17(20)12-18(2,3)4)13-15-8-6-5-7-9-15/h5-9,14,16H,10-13H2,1-4H3. The molecule has 0 aliphatic heterocycles. The zero-order chi connectivity index (χ0) is 14.8. The van der Waals surface area contributed by atoms with Crippen LogP contribution in [-0.4, -0.2) is 16.8 Å². The van der Waals surface area contributed by atoms with Crippen molar-refractivity contribution in [3.05, 3.63) is 35.9 Å². The lowest BCUT2D eigenvalue weighted by Crippen LogP contribution is -2.40. The van der Waals surface area contributed by atoms with Crippen molar-refractivity contribution in [1.29, 1.82) is 0 Å². The van der Waals surface area contributed by atoms with Crippen molar-refractivity contribution in [3.8, 4) is 0 Å². The molecule has 0 saturated heterocycles. The summed E-state index contributed by atoms with van der Waals surface area (Å²) in [7, 11) is 0. The Hall–Kier alpha value is -1.31. The molecule has 0 bridgehead atoms. The Bertz CT molecular complexity index is 442. The van der Waals surface area contributed by atoms with E-state index in [4.69, 9.17) is 0 Å². The van der Waals surface area contributed by atoms with Crippen LogP contribution in [0, 0.1) is 11.3 Å². The predicted octanol–water partition coefficient (Wildman–Crippen LogP) is 4.25. The molecular weight excluding hydrogens is 246 g/mol. The van der Waals surface area contributed by atoms with Crippen LogP contribution < -0.4 is 0 Å². The Morgan fingerprint density at radius 3 is 2.35 bits per heavy atom. The maximum Gasteiger partial charge on any atom is 0.223 e. The second-order valence-electron chi connectivity index (χ2n) is 7.32. The summed E-state index contributed by atoms with van der Waals surface area (Å²) in [6.45, 7) is 9.35. The van der Waals surface area contributed by atoms with Crippen LogP contribution in [0.1, 0.15) is 52.5 Å². The summed E-state index contributed by atoms with van der Waals surface area (Å²) in [6.07, 6.45) is 3.17. The highest BCUT2D eigenvalue weighted by Gasteiger charge is 2.35. The van der Waals surface area contributed by atoms with Gasteiger partial charge in [0, 0.05) is 19.0 Å². The molecule has 20 heavy (non-hydrogen) atoms. The van der Waals surface area contributed by atoms with Crippen molar-refractivity contribution < 1.29 is 4.79 Å². The minimum atomic E-state index is 0.0509. The molecule has 0 N–H and O–H groups in total. The molecule has 2 heteroatoms. The maximum atomic E-state index is 12.7. The van der Waals surface area contributed by atoms with Gasteiger partial charge < -0.3 is 4.90 Å². The van der Waals surface area contributed by atoms with Crippen LogP contribution >= 0.6 is 0 Å². The molecule has 0 heterocycles. The van der Waals surface area contributed by atoms with Crippen LogP contribution in [0.15, 0.2) is 30.3 Å². The molecule has 110 valence electrons. The summed E-state index contributed by atoms with van der Waals surface area (Å²) in [5.41, 5.74) is 1.28. The molecule has 2 nitrogen and oxygen atoms in total. The fraction of sp³-hybridized carbons (Fsp3) is 0.611. The van der Waals surface area contributed by atoms with Gasteiger partial charge in [0.05, 0.1) is 0 Å². The van der Waals surface area contributed by atoms with Crippen LogP contribution in [0.5, 0.6) is 0 Å². The molecule has 1 aliphatic carbocycles.